The molecule has 0 heterocycles. The first kappa shape index (κ1) is 8.55. The summed E-state index contributed by atoms with van der Waals surface area (Å²) in [5.74, 6) is -0.246. The van der Waals surface area contributed by atoms with E-state index in [1.54, 1.807) is 0 Å². The molecule has 2 aliphatic rings. The summed E-state index contributed by atoms with van der Waals surface area (Å²) in [6.45, 7) is 0. The van der Waals surface area contributed by atoms with Gasteiger partial charge in [0.15, 0.2) is 0 Å². The summed E-state index contributed by atoms with van der Waals surface area (Å²) in [6.07, 6.45) is 5.49. The Bertz CT molecular complexity index is 280. The molecule has 0 aliphatic heterocycles. The number of hydrogen-bond donors (Lipinski definition) is 1. The molecule has 0 unspecified atom stereocenters. The minimum atomic E-state index is -0.470. The lowest BCUT2D eigenvalue weighted by molar-refractivity contribution is -0.130. The second-order valence-corrected chi connectivity index (χ2v) is 4.35. The Morgan fingerprint density at radius 1 is 1.23 bits per heavy atom. The molecular weight excluding hydrogens is 164 g/mol. The van der Waals surface area contributed by atoms with Gasteiger partial charge in [-0.15, -0.1) is 0 Å². The molecule has 3 nitrogen and oxygen atoms in total. The zero-order valence-corrected chi connectivity index (χ0v) is 7.68. The number of carbonyl (C=O) groups is 1. The van der Waals surface area contributed by atoms with E-state index in [4.69, 9.17) is 11.0 Å². The molecule has 13 heavy (non-hydrogen) atoms. The molecule has 2 rings (SSSR count). The summed E-state index contributed by atoms with van der Waals surface area (Å²) in [7, 11) is 0. The Morgan fingerprint density at radius 2 is 1.77 bits per heavy atom. The quantitative estimate of drug-likeness (QED) is 0.693. The Morgan fingerprint density at radius 3 is 2.08 bits per heavy atom. The lowest BCUT2D eigenvalue weighted by Gasteiger charge is -2.29. The molecule has 0 bridgehead atoms. The van der Waals surface area contributed by atoms with Crippen LogP contribution in [0, 0.1) is 22.2 Å². The lowest BCUT2D eigenvalue weighted by atomic mass is 9.71. The van der Waals surface area contributed by atoms with Gasteiger partial charge in [-0.2, -0.15) is 5.26 Å². The number of primary amides is 1. The van der Waals surface area contributed by atoms with Gasteiger partial charge in [0.25, 0.3) is 0 Å². The topological polar surface area (TPSA) is 66.9 Å². The van der Waals surface area contributed by atoms with E-state index in [1.165, 1.54) is 0 Å². The molecule has 0 saturated heterocycles. The Kier molecular flexibility index (Phi) is 1.63. The summed E-state index contributed by atoms with van der Waals surface area (Å²) < 4.78 is 0. The van der Waals surface area contributed by atoms with Gasteiger partial charge < -0.3 is 5.73 Å². The standard InChI is InChI=1S/C10H14N2O/c11-7-9(5-6-9)10(8(12)13)3-1-2-4-10/h1-6H2,(H2,12,13). The third-order valence-electron chi connectivity index (χ3n) is 3.81. The monoisotopic (exact) mass is 178 g/mol. The first-order valence-electron chi connectivity index (χ1n) is 4.88. The lowest BCUT2D eigenvalue weighted by Crippen LogP contribution is -2.41. The van der Waals surface area contributed by atoms with Crippen molar-refractivity contribution in [2.75, 3.05) is 0 Å². The van der Waals surface area contributed by atoms with Crippen molar-refractivity contribution >= 4 is 5.91 Å². The van der Waals surface area contributed by atoms with Crippen molar-refractivity contribution in [3.05, 3.63) is 0 Å². The van der Waals surface area contributed by atoms with Crippen LogP contribution in [0.1, 0.15) is 38.5 Å². The molecule has 0 spiro atoms. The fourth-order valence-electron chi connectivity index (χ4n) is 2.76. The Labute approximate surface area is 77.9 Å². The van der Waals surface area contributed by atoms with Crippen LogP contribution < -0.4 is 5.73 Å². The maximum Gasteiger partial charge on any atom is 0.225 e. The van der Waals surface area contributed by atoms with Crippen molar-refractivity contribution < 1.29 is 4.79 Å². The third kappa shape index (κ3) is 0.918. The number of rotatable bonds is 2. The summed E-state index contributed by atoms with van der Waals surface area (Å²) in [6, 6.07) is 2.32. The maximum atomic E-state index is 11.4. The molecular formula is C10H14N2O. The van der Waals surface area contributed by atoms with E-state index in [9.17, 15) is 4.79 Å². The van der Waals surface area contributed by atoms with Gasteiger partial charge >= 0.3 is 0 Å². The maximum absolute atomic E-state index is 11.4. The van der Waals surface area contributed by atoms with E-state index in [0.717, 1.165) is 38.5 Å². The molecule has 2 fully saturated rings. The van der Waals surface area contributed by atoms with Gasteiger partial charge in [0, 0.05) is 0 Å². The third-order valence-corrected chi connectivity index (χ3v) is 3.81. The minimum absolute atomic E-state index is 0.246. The van der Waals surface area contributed by atoms with Crippen LogP contribution in [0.25, 0.3) is 0 Å². The highest BCUT2D eigenvalue weighted by Crippen LogP contribution is 2.64. The van der Waals surface area contributed by atoms with Crippen LogP contribution >= 0.6 is 0 Å². The predicted octanol–water partition coefficient (Wildman–Crippen LogP) is 1.34. The molecule has 2 aliphatic carbocycles. The van der Waals surface area contributed by atoms with E-state index < -0.39 is 5.41 Å². The van der Waals surface area contributed by atoms with Crippen molar-refractivity contribution in [1.29, 1.82) is 5.26 Å². The largest absolute Gasteiger partial charge is 0.369 e. The molecule has 0 aromatic heterocycles. The first-order valence-corrected chi connectivity index (χ1v) is 4.88. The van der Waals surface area contributed by atoms with Crippen molar-refractivity contribution in [2.24, 2.45) is 16.6 Å². The highest BCUT2D eigenvalue weighted by molar-refractivity contribution is 5.83. The minimum Gasteiger partial charge on any atom is -0.369 e. The highest BCUT2D eigenvalue weighted by Gasteiger charge is 2.63. The molecule has 70 valence electrons. The van der Waals surface area contributed by atoms with E-state index >= 15 is 0 Å². The number of amides is 1. The molecule has 0 radical (unpaired) electrons. The summed E-state index contributed by atoms with van der Waals surface area (Å²) in [5.41, 5.74) is 4.59. The fourth-order valence-corrected chi connectivity index (χ4v) is 2.76. The van der Waals surface area contributed by atoms with Crippen molar-refractivity contribution in [2.45, 2.75) is 38.5 Å². The van der Waals surface area contributed by atoms with Crippen molar-refractivity contribution in [3.8, 4) is 6.07 Å². The molecule has 3 heteroatoms. The van der Waals surface area contributed by atoms with Crippen LogP contribution in [-0.4, -0.2) is 5.91 Å². The van der Waals surface area contributed by atoms with Crippen LogP contribution in [0.15, 0.2) is 0 Å². The molecule has 0 aromatic rings. The van der Waals surface area contributed by atoms with Gasteiger partial charge in [0.1, 0.15) is 0 Å². The van der Waals surface area contributed by atoms with Crippen LogP contribution in [-0.2, 0) is 4.79 Å². The Balaban J connectivity index is 2.34. The van der Waals surface area contributed by atoms with Crippen molar-refractivity contribution in [3.63, 3.8) is 0 Å². The molecule has 2 N–H and O–H groups in total. The van der Waals surface area contributed by atoms with Crippen LogP contribution in [0.2, 0.25) is 0 Å². The van der Waals surface area contributed by atoms with Crippen LogP contribution in [0.3, 0.4) is 0 Å². The first-order chi connectivity index (χ1) is 6.17. The zero-order valence-electron chi connectivity index (χ0n) is 7.68. The number of nitriles is 1. The average molecular weight is 178 g/mol. The summed E-state index contributed by atoms with van der Waals surface area (Å²) in [4.78, 5) is 11.4. The van der Waals surface area contributed by atoms with E-state index in [0.29, 0.717) is 0 Å². The number of nitrogens with two attached hydrogens (primary N) is 1. The van der Waals surface area contributed by atoms with Gasteiger partial charge in [0.05, 0.1) is 16.9 Å². The van der Waals surface area contributed by atoms with Gasteiger partial charge in [-0.25, -0.2) is 0 Å². The van der Waals surface area contributed by atoms with E-state index in [2.05, 4.69) is 6.07 Å². The van der Waals surface area contributed by atoms with Gasteiger partial charge in [-0.05, 0) is 25.7 Å². The van der Waals surface area contributed by atoms with Gasteiger partial charge in [-0.1, -0.05) is 12.8 Å². The fraction of sp³-hybridized carbons (Fsp3) is 0.800. The number of nitrogens with zero attached hydrogens (tertiary/aromatic N) is 1. The number of carbonyl (C=O) groups excluding carboxylic acids is 1. The zero-order chi connectivity index (χ0) is 9.53. The van der Waals surface area contributed by atoms with E-state index in [-0.39, 0.29) is 11.3 Å². The van der Waals surface area contributed by atoms with Crippen molar-refractivity contribution in [1.82, 2.24) is 0 Å². The molecule has 2 saturated carbocycles. The smallest absolute Gasteiger partial charge is 0.225 e. The summed E-state index contributed by atoms with van der Waals surface area (Å²) >= 11 is 0. The second-order valence-electron chi connectivity index (χ2n) is 4.35. The SMILES string of the molecule is N#CC1(C2(C(N)=O)CCCC2)CC1. The normalized spacial score (nSPS) is 27.9. The highest BCUT2D eigenvalue weighted by atomic mass is 16.1. The van der Waals surface area contributed by atoms with Crippen LogP contribution in [0.5, 0.6) is 0 Å². The predicted molar refractivity (Wildman–Crippen MR) is 47.4 cm³/mol. The van der Waals surface area contributed by atoms with Gasteiger partial charge in [0.2, 0.25) is 5.91 Å². The molecule has 1 amide bonds. The molecule has 0 aromatic carbocycles. The second kappa shape index (κ2) is 2.47. The summed E-state index contributed by atoms with van der Waals surface area (Å²) in [5, 5.41) is 9.07. The van der Waals surface area contributed by atoms with Gasteiger partial charge in [-0.3, -0.25) is 4.79 Å². The van der Waals surface area contributed by atoms with Crippen LogP contribution in [0.4, 0.5) is 0 Å². The van der Waals surface area contributed by atoms with E-state index in [1.807, 2.05) is 0 Å². The molecule has 0 atom stereocenters. The number of hydrogen-bond acceptors (Lipinski definition) is 2. The Hall–Kier alpha value is -1.04. The average Bonchev–Trinajstić information content (AvgIpc) is 2.76.